The number of aromatic nitrogens is 1. The van der Waals surface area contributed by atoms with Crippen LogP contribution >= 0.6 is 0 Å². The van der Waals surface area contributed by atoms with Crippen LogP contribution in [-0.4, -0.2) is 38.8 Å². The van der Waals surface area contributed by atoms with Gasteiger partial charge in [-0.1, -0.05) is 26.2 Å². The predicted octanol–water partition coefficient (Wildman–Crippen LogP) is 4.35. The number of carbonyl (C=O) groups is 2. The predicted molar refractivity (Wildman–Crippen MR) is 114 cm³/mol. The third-order valence-corrected chi connectivity index (χ3v) is 5.18. The topological polar surface area (TPSA) is 58.7 Å². The molecule has 0 bridgehead atoms. The van der Waals surface area contributed by atoms with Gasteiger partial charge in [0.05, 0.1) is 19.4 Å². The van der Waals surface area contributed by atoms with Crippen LogP contribution in [0.5, 0.6) is 0 Å². The number of unbranched alkanes of at least 4 members (excludes halogenated alkanes) is 3. The van der Waals surface area contributed by atoms with Crippen molar-refractivity contribution in [3.63, 3.8) is 0 Å². The summed E-state index contributed by atoms with van der Waals surface area (Å²) in [5.41, 5.74) is 1.03. The third kappa shape index (κ3) is 7.11. The molecule has 0 saturated heterocycles. The number of amides is 2. The molecular formula is C23H35N3O3. The second-order valence-electron chi connectivity index (χ2n) is 7.87. The lowest BCUT2D eigenvalue weighted by molar-refractivity contribution is -0.143. The SMILES string of the molecule is CCCCCCC(=O)N(CC(=O)N(Cc1ccco1)Cc1cccn1C)C(C)C. The number of furan rings is 1. The van der Waals surface area contributed by atoms with Crippen LogP contribution in [0.25, 0.3) is 0 Å². The molecule has 160 valence electrons. The Morgan fingerprint density at radius 2 is 1.86 bits per heavy atom. The Kier molecular flexibility index (Phi) is 9.03. The van der Waals surface area contributed by atoms with Crippen molar-refractivity contribution in [2.75, 3.05) is 6.54 Å². The summed E-state index contributed by atoms with van der Waals surface area (Å²) in [5.74, 6) is 0.717. The number of hydrogen-bond donors (Lipinski definition) is 0. The number of carbonyl (C=O) groups excluding carboxylic acids is 2. The quantitative estimate of drug-likeness (QED) is 0.497. The number of aryl methyl sites for hydroxylation is 1. The molecule has 2 amide bonds. The molecule has 2 aromatic rings. The smallest absolute Gasteiger partial charge is 0.242 e. The Labute approximate surface area is 174 Å². The first-order valence-electron chi connectivity index (χ1n) is 10.6. The van der Waals surface area contributed by atoms with Gasteiger partial charge < -0.3 is 18.8 Å². The van der Waals surface area contributed by atoms with Crippen molar-refractivity contribution in [1.29, 1.82) is 0 Å². The van der Waals surface area contributed by atoms with E-state index in [1.165, 1.54) is 0 Å². The zero-order valence-corrected chi connectivity index (χ0v) is 18.3. The zero-order chi connectivity index (χ0) is 21.2. The van der Waals surface area contributed by atoms with Crippen molar-refractivity contribution in [1.82, 2.24) is 14.4 Å². The first-order chi connectivity index (χ1) is 13.9. The molecule has 6 nitrogen and oxygen atoms in total. The minimum atomic E-state index is -0.0711. The maximum Gasteiger partial charge on any atom is 0.242 e. The molecular weight excluding hydrogens is 366 g/mol. The highest BCUT2D eigenvalue weighted by Gasteiger charge is 2.24. The van der Waals surface area contributed by atoms with E-state index in [-0.39, 0.29) is 24.4 Å². The second kappa shape index (κ2) is 11.5. The Morgan fingerprint density at radius 1 is 1.07 bits per heavy atom. The summed E-state index contributed by atoms with van der Waals surface area (Å²) in [6.07, 6.45) is 8.29. The van der Waals surface area contributed by atoms with Crippen LogP contribution in [0, 0.1) is 0 Å². The molecule has 0 atom stereocenters. The summed E-state index contributed by atoms with van der Waals surface area (Å²) >= 11 is 0. The molecule has 0 radical (unpaired) electrons. The molecule has 2 aromatic heterocycles. The van der Waals surface area contributed by atoms with Crippen molar-refractivity contribution in [2.24, 2.45) is 7.05 Å². The fourth-order valence-electron chi connectivity index (χ4n) is 3.33. The van der Waals surface area contributed by atoms with E-state index in [4.69, 9.17) is 4.42 Å². The normalized spacial score (nSPS) is 11.1. The average Bonchev–Trinajstić information content (AvgIpc) is 3.34. The Hall–Kier alpha value is -2.50. The summed E-state index contributed by atoms with van der Waals surface area (Å²) in [7, 11) is 1.96. The van der Waals surface area contributed by atoms with Crippen molar-refractivity contribution in [3.05, 3.63) is 48.2 Å². The maximum absolute atomic E-state index is 13.2. The van der Waals surface area contributed by atoms with E-state index in [0.29, 0.717) is 19.5 Å². The molecule has 0 aromatic carbocycles. The van der Waals surface area contributed by atoms with Gasteiger partial charge in [-0.25, -0.2) is 0 Å². The van der Waals surface area contributed by atoms with Gasteiger partial charge in [0.25, 0.3) is 0 Å². The minimum absolute atomic E-state index is 0.0156. The molecule has 0 spiro atoms. The van der Waals surface area contributed by atoms with Crippen molar-refractivity contribution >= 4 is 11.8 Å². The molecule has 0 aliphatic rings. The first-order valence-corrected chi connectivity index (χ1v) is 10.6. The van der Waals surface area contributed by atoms with E-state index < -0.39 is 0 Å². The van der Waals surface area contributed by atoms with Crippen LogP contribution in [0.2, 0.25) is 0 Å². The number of nitrogens with zero attached hydrogens (tertiary/aromatic N) is 3. The van der Waals surface area contributed by atoms with E-state index >= 15 is 0 Å². The van der Waals surface area contributed by atoms with Crippen LogP contribution in [0.3, 0.4) is 0 Å². The van der Waals surface area contributed by atoms with Gasteiger partial charge in [0.1, 0.15) is 12.3 Å². The second-order valence-corrected chi connectivity index (χ2v) is 7.87. The first kappa shape index (κ1) is 22.8. The summed E-state index contributed by atoms with van der Waals surface area (Å²) in [4.78, 5) is 29.4. The Morgan fingerprint density at radius 3 is 2.45 bits per heavy atom. The van der Waals surface area contributed by atoms with E-state index in [2.05, 4.69) is 6.92 Å². The third-order valence-electron chi connectivity index (χ3n) is 5.18. The number of hydrogen-bond acceptors (Lipinski definition) is 3. The average molecular weight is 402 g/mol. The lowest BCUT2D eigenvalue weighted by Crippen LogP contribution is -2.45. The van der Waals surface area contributed by atoms with Crippen molar-refractivity contribution in [2.45, 2.75) is 72.0 Å². The highest BCUT2D eigenvalue weighted by Crippen LogP contribution is 2.14. The molecule has 0 N–H and O–H groups in total. The van der Waals surface area contributed by atoms with Crippen LogP contribution in [0.1, 0.15) is 64.3 Å². The van der Waals surface area contributed by atoms with Crippen molar-refractivity contribution < 1.29 is 14.0 Å². The van der Waals surface area contributed by atoms with E-state index in [1.807, 2.05) is 55.9 Å². The maximum atomic E-state index is 13.2. The molecule has 2 heterocycles. The van der Waals surface area contributed by atoms with E-state index in [1.54, 1.807) is 16.1 Å². The molecule has 0 saturated carbocycles. The Bertz CT molecular complexity index is 749. The van der Waals surface area contributed by atoms with Gasteiger partial charge in [-0.05, 0) is 44.5 Å². The summed E-state index contributed by atoms with van der Waals surface area (Å²) < 4.78 is 7.46. The molecule has 29 heavy (non-hydrogen) atoms. The highest BCUT2D eigenvalue weighted by molar-refractivity contribution is 5.85. The fourth-order valence-corrected chi connectivity index (χ4v) is 3.33. The van der Waals surface area contributed by atoms with Gasteiger partial charge in [0.2, 0.25) is 11.8 Å². The van der Waals surface area contributed by atoms with Crippen LogP contribution in [0.4, 0.5) is 0 Å². The summed E-state index contributed by atoms with van der Waals surface area (Å²) in [5, 5.41) is 0. The standard InChI is InChI=1S/C23H35N3O3/c1-5-6-7-8-13-22(27)26(19(2)3)18-23(28)25(17-21-12-10-15-29-21)16-20-11-9-14-24(20)4/h9-12,14-15,19H,5-8,13,16-18H2,1-4H3. The number of rotatable bonds is 12. The van der Waals surface area contributed by atoms with Gasteiger partial charge in [-0.15, -0.1) is 0 Å². The molecule has 0 aliphatic heterocycles. The van der Waals surface area contributed by atoms with Gasteiger partial charge in [0.15, 0.2) is 0 Å². The summed E-state index contributed by atoms with van der Waals surface area (Å²) in [6, 6.07) is 7.63. The molecule has 2 rings (SSSR count). The summed E-state index contributed by atoms with van der Waals surface area (Å²) in [6.45, 7) is 7.03. The largest absolute Gasteiger partial charge is 0.467 e. The van der Waals surface area contributed by atoms with Gasteiger partial charge in [-0.3, -0.25) is 9.59 Å². The zero-order valence-electron chi connectivity index (χ0n) is 18.3. The van der Waals surface area contributed by atoms with E-state index in [0.717, 1.165) is 37.1 Å². The monoisotopic (exact) mass is 401 g/mol. The molecule has 0 fully saturated rings. The van der Waals surface area contributed by atoms with Gasteiger partial charge in [0, 0.05) is 31.4 Å². The van der Waals surface area contributed by atoms with Crippen LogP contribution in [-0.2, 0) is 29.7 Å². The minimum Gasteiger partial charge on any atom is -0.467 e. The van der Waals surface area contributed by atoms with Crippen molar-refractivity contribution in [3.8, 4) is 0 Å². The molecule has 0 aliphatic carbocycles. The van der Waals surface area contributed by atoms with Crippen LogP contribution < -0.4 is 0 Å². The van der Waals surface area contributed by atoms with E-state index in [9.17, 15) is 9.59 Å². The fraction of sp³-hybridized carbons (Fsp3) is 0.565. The van der Waals surface area contributed by atoms with Gasteiger partial charge in [-0.2, -0.15) is 0 Å². The van der Waals surface area contributed by atoms with Crippen LogP contribution in [0.15, 0.2) is 41.1 Å². The van der Waals surface area contributed by atoms with Gasteiger partial charge >= 0.3 is 0 Å². The molecule has 6 heteroatoms. The lowest BCUT2D eigenvalue weighted by Gasteiger charge is -2.30. The molecule has 0 unspecified atom stereocenters. The Balaban J connectivity index is 2.06. The highest BCUT2D eigenvalue weighted by atomic mass is 16.3. The lowest BCUT2D eigenvalue weighted by atomic mass is 10.1.